The third kappa shape index (κ3) is 4.01. The van der Waals surface area contributed by atoms with Gasteiger partial charge in [0.2, 0.25) is 5.91 Å². The summed E-state index contributed by atoms with van der Waals surface area (Å²) in [4.78, 5) is 15.3. The van der Waals surface area contributed by atoms with E-state index in [2.05, 4.69) is 11.5 Å². The van der Waals surface area contributed by atoms with E-state index < -0.39 is 0 Å². The lowest BCUT2D eigenvalue weighted by Crippen LogP contribution is -2.37. The maximum absolute atomic E-state index is 11.3. The quantitative estimate of drug-likeness (QED) is 0.608. The van der Waals surface area contributed by atoms with Crippen molar-refractivity contribution in [3.05, 3.63) is 12.7 Å². The summed E-state index contributed by atoms with van der Waals surface area (Å²) in [5, 5.41) is 8.85. The van der Waals surface area contributed by atoms with Crippen molar-refractivity contribution in [1.29, 1.82) is 0 Å². The fraction of sp³-hybridized carbons (Fsp3) is 0.727. The number of aliphatic hydroxyl groups excluding tert-OH is 1. The number of carbonyl (C=O) groups excluding carboxylic acids is 1. The highest BCUT2D eigenvalue weighted by atomic mass is 16.3. The zero-order valence-corrected chi connectivity index (χ0v) is 9.19. The van der Waals surface area contributed by atoms with Crippen molar-refractivity contribution < 1.29 is 9.90 Å². The van der Waals surface area contributed by atoms with Gasteiger partial charge in [0.15, 0.2) is 0 Å². The molecule has 1 aliphatic heterocycles. The lowest BCUT2D eigenvalue weighted by Gasteiger charge is -2.23. The smallest absolute Gasteiger partial charge is 0.222 e. The molecule has 0 spiro atoms. The Hall–Kier alpha value is -0.870. The van der Waals surface area contributed by atoms with E-state index in [9.17, 15) is 4.79 Å². The van der Waals surface area contributed by atoms with E-state index in [1.54, 1.807) is 0 Å². The third-order valence-electron chi connectivity index (χ3n) is 2.66. The minimum absolute atomic E-state index is 0.155. The molecular formula is C11H20N2O2. The molecular weight excluding hydrogens is 192 g/mol. The molecule has 15 heavy (non-hydrogen) atoms. The normalized spacial score (nSPS) is 16.4. The summed E-state index contributed by atoms with van der Waals surface area (Å²) in [7, 11) is 0. The molecule has 1 amide bonds. The minimum atomic E-state index is 0.155. The van der Waals surface area contributed by atoms with Crippen molar-refractivity contribution in [3.63, 3.8) is 0 Å². The van der Waals surface area contributed by atoms with Gasteiger partial charge >= 0.3 is 0 Å². The molecule has 1 heterocycles. The van der Waals surface area contributed by atoms with Crippen LogP contribution in [0.15, 0.2) is 12.7 Å². The molecule has 4 nitrogen and oxygen atoms in total. The Labute approximate surface area is 91.2 Å². The van der Waals surface area contributed by atoms with Gasteiger partial charge in [-0.1, -0.05) is 6.08 Å². The molecule has 0 aliphatic carbocycles. The molecule has 1 saturated heterocycles. The zero-order chi connectivity index (χ0) is 11.1. The molecule has 4 heteroatoms. The van der Waals surface area contributed by atoms with Crippen molar-refractivity contribution >= 4 is 5.91 Å². The summed E-state index contributed by atoms with van der Waals surface area (Å²) in [6.45, 7) is 7.72. The topological polar surface area (TPSA) is 43.8 Å². The Balaban J connectivity index is 2.25. The number of likely N-dealkylation sites (tertiary alicyclic amines) is 1. The Kier molecular flexibility index (Phi) is 5.36. The van der Waals surface area contributed by atoms with Crippen LogP contribution in [-0.4, -0.2) is 60.1 Å². The first-order valence-corrected chi connectivity index (χ1v) is 5.50. The van der Waals surface area contributed by atoms with Gasteiger partial charge in [-0.2, -0.15) is 0 Å². The van der Waals surface area contributed by atoms with Crippen molar-refractivity contribution in [2.75, 3.05) is 39.3 Å². The third-order valence-corrected chi connectivity index (χ3v) is 2.66. The van der Waals surface area contributed by atoms with Gasteiger partial charge in [0, 0.05) is 39.1 Å². The molecule has 0 radical (unpaired) electrons. The van der Waals surface area contributed by atoms with E-state index >= 15 is 0 Å². The van der Waals surface area contributed by atoms with Crippen molar-refractivity contribution in [1.82, 2.24) is 9.80 Å². The number of aliphatic hydroxyl groups is 1. The predicted molar refractivity (Wildman–Crippen MR) is 59.5 cm³/mol. The summed E-state index contributed by atoms with van der Waals surface area (Å²) in [6.07, 6.45) is 3.50. The van der Waals surface area contributed by atoms with Crippen LogP contribution in [0.4, 0.5) is 0 Å². The Morgan fingerprint density at radius 1 is 1.53 bits per heavy atom. The molecule has 0 aromatic heterocycles. The maximum Gasteiger partial charge on any atom is 0.222 e. The van der Waals surface area contributed by atoms with Crippen LogP contribution >= 0.6 is 0 Å². The molecule has 0 aromatic carbocycles. The van der Waals surface area contributed by atoms with Crippen LogP contribution in [0.2, 0.25) is 0 Å². The Morgan fingerprint density at radius 2 is 2.33 bits per heavy atom. The van der Waals surface area contributed by atoms with Gasteiger partial charge in [-0.3, -0.25) is 9.69 Å². The SMILES string of the molecule is C=CCN(CCO)CCN1CCCC1=O. The molecule has 0 atom stereocenters. The highest BCUT2D eigenvalue weighted by Gasteiger charge is 2.19. The predicted octanol–water partition coefficient (Wildman–Crippen LogP) is 0.0891. The lowest BCUT2D eigenvalue weighted by atomic mass is 10.4. The van der Waals surface area contributed by atoms with Gasteiger partial charge < -0.3 is 10.0 Å². The molecule has 1 N–H and O–H groups in total. The highest BCUT2D eigenvalue weighted by molar-refractivity contribution is 5.78. The summed E-state index contributed by atoms with van der Waals surface area (Å²) < 4.78 is 0. The van der Waals surface area contributed by atoms with Gasteiger partial charge in [0.1, 0.15) is 0 Å². The largest absolute Gasteiger partial charge is 0.395 e. The van der Waals surface area contributed by atoms with Gasteiger partial charge in [-0.25, -0.2) is 0 Å². The van der Waals surface area contributed by atoms with Crippen LogP contribution in [0.5, 0.6) is 0 Å². The number of hydrogen-bond acceptors (Lipinski definition) is 3. The summed E-state index contributed by atoms with van der Waals surface area (Å²) in [5.74, 6) is 0.262. The molecule has 0 unspecified atom stereocenters. The second-order valence-corrected chi connectivity index (χ2v) is 3.80. The first kappa shape index (κ1) is 12.2. The Bertz CT molecular complexity index is 219. The second kappa shape index (κ2) is 6.58. The van der Waals surface area contributed by atoms with Gasteiger partial charge in [-0.15, -0.1) is 6.58 Å². The number of amides is 1. The number of carbonyl (C=O) groups is 1. The van der Waals surface area contributed by atoms with Crippen LogP contribution in [-0.2, 0) is 4.79 Å². The van der Waals surface area contributed by atoms with E-state index in [-0.39, 0.29) is 12.5 Å². The monoisotopic (exact) mass is 212 g/mol. The average molecular weight is 212 g/mol. The van der Waals surface area contributed by atoms with Crippen LogP contribution in [0.25, 0.3) is 0 Å². The molecule has 0 saturated carbocycles. The average Bonchev–Trinajstić information content (AvgIpc) is 2.61. The number of hydrogen-bond donors (Lipinski definition) is 1. The van der Waals surface area contributed by atoms with Crippen molar-refractivity contribution in [2.24, 2.45) is 0 Å². The maximum atomic E-state index is 11.3. The number of nitrogens with zero attached hydrogens (tertiary/aromatic N) is 2. The second-order valence-electron chi connectivity index (χ2n) is 3.80. The van der Waals surface area contributed by atoms with Crippen molar-refractivity contribution in [3.8, 4) is 0 Å². The van der Waals surface area contributed by atoms with Crippen LogP contribution in [0.3, 0.4) is 0 Å². The molecule has 86 valence electrons. The standard InChI is InChI=1S/C11H20N2O2/c1-2-5-12(9-10-14)7-8-13-6-3-4-11(13)15/h2,14H,1,3-10H2. The lowest BCUT2D eigenvalue weighted by molar-refractivity contribution is -0.127. The number of rotatable bonds is 7. The Morgan fingerprint density at radius 3 is 2.87 bits per heavy atom. The molecule has 1 fully saturated rings. The zero-order valence-electron chi connectivity index (χ0n) is 9.19. The van der Waals surface area contributed by atoms with Crippen molar-refractivity contribution in [2.45, 2.75) is 12.8 Å². The van der Waals surface area contributed by atoms with E-state index in [1.165, 1.54) is 0 Å². The highest BCUT2D eigenvalue weighted by Crippen LogP contribution is 2.08. The van der Waals surface area contributed by atoms with E-state index in [0.717, 1.165) is 32.6 Å². The minimum Gasteiger partial charge on any atom is -0.395 e. The van der Waals surface area contributed by atoms with Gasteiger partial charge in [-0.05, 0) is 6.42 Å². The van der Waals surface area contributed by atoms with E-state index in [1.807, 2.05) is 11.0 Å². The summed E-state index contributed by atoms with van der Waals surface area (Å²) in [5.41, 5.74) is 0. The summed E-state index contributed by atoms with van der Waals surface area (Å²) in [6, 6.07) is 0. The molecule has 0 bridgehead atoms. The molecule has 1 rings (SSSR count). The van der Waals surface area contributed by atoms with Crippen LogP contribution in [0.1, 0.15) is 12.8 Å². The molecule has 0 aromatic rings. The first-order chi connectivity index (χ1) is 7.27. The fourth-order valence-corrected chi connectivity index (χ4v) is 1.82. The fourth-order valence-electron chi connectivity index (χ4n) is 1.82. The summed E-state index contributed by atoms with van der Waals surface area (Å²) >= 11 is 0. The van der Waals surface area contributed by atoms with Gasteiger partial charge in [0.05, 0.1) is 6.61 Å². The molecule has 1 aliphatic rings. The first-order valence-electron chi connectivity index (χ1n) is 5.50. The van der Waals surface area contributed by atoms with E-state index in [0.29, 0.717) is 13.0 Å². The van der Waals surface area contributed by atoms with Crippen LogP contribution < -0.4 is 0 Å². The van der Waals surface area contributed by atoms with Crippen LogP contribution in [0, 0.1) is 0 Å². The van der Waals surface area contributed by atoms with E-state index in [4.69, 9.17) is 5.11 Å². The van der Waals surface area contributed by atoms with Gasteiger partial charge in [0.25, 0.3) is 0 Å².